The van der Waals surface area contributed by atoms with Crippen LogP contribution in [0.1, 0.15) is 6.92 Å². The van der Waals surface area contributed by atoms with Crippen LogP contribution in [0.2, 0.25) is 0 Å². The summed E-state index contributed by atoms with van der Waals surface area (Å²) < 4.78 is 45.4. The summed E-state index contributed by atoms with van der Waals surface area (Å²) in [6.45, 7) is 1.77. The van der Waals surface area contributed by atoms with E-state index in [1.165, 1.54) is 0 Å². The second-order valence-electron chi connectivity index (χ2n) is 4.56. The molecule has 0 radical (unpaired) electrons. The Morgan fingerprint density at radius 1 is 1.30 bits per heavy atom. The van der Waals surface area contributed by atoms with Gasteiger partial charge in [0.2, 0.25) is 0 Å². The van der Waals surface area contributed by atoms with Crippen LogP contribution < -0.4 is 10.5 Å². The van der Waals surface area contributed by atoms with Gasteiger partial charge in [-0.1, -0.05) is 6.07 Å². The van der Waals surface area contributed by atoms with Gasteiger partial charge in [-0.2, -0.15) is 13.2 Å². The summed E-state index contributed by atoms with van der Waals surface area (Å²) in [6.07, 6.45) is -2.65. The normalized spacial score (nSPS) is 13.7. The van der Waals surface area contributed by atoms with Crippen LogP contribution in [0, 0.1) is 5.92 Å². The van der Waals surface area contributed by atoms with E-state index < -0.39 is 18.6 Å². The first-order valence-corrected chi connectivity index (χ1v) is 6.44. The largest absolute Gasteiger partial charge is 0.493 e. The number of nitrogens with two attached hydrogens (primary N) is 1. The number of aromatic nitrogens is 1. The van der Waals surface area contributed by atoms with Crippen molar-refractivity contribution in [3.63, 3.8) is 0 Å². The fourth-order valence-electron chi connectivity index (χ4n) is 2.18. The van der Waals surface area contributed by atoms with Gasteiger partial charge in [0.1, 0.15) is 5.75 Å². The third kappa shape index (κ3) is 2.90. The van der Waals surface area contributed by atoms with E-state index in [0.29, 0.717) is 12.4 Å². The summed E-state index contributed by atoms with van der Waals surface area (Å²) in [5.74, 6) is -0.867. The van der Waals surface area contributed by atoms with Crippen LogP contribution in [0.15, 0.2) is 30.5 Å². The van der Waals surface area contributed by atoms with E-state index in [1.807, 2.05) is 6.92 Å². The molecule has 0 amide bonds. The lowest BCUT2D eigenvalue weighted by Crippen LogP contribution is -2.33. The predicted octanol–water partition coefficient (Wildman–Crippen LogP) is 3.18. The van der Waals surface area contributed by atoms with Crippen molar-refractivity contribution in [1.82, 2.24) is 4.57 Å². The molecule has 110 valence electrons. The fraction of sp³-hybridized carbons (Fsp3) is 0.429. The Labute approximate surface area is 115 Å². The van der Waals surface area contributed by atoms with E-state index in [-0.39, 0.29) is 6.54 Å². The van der Waals surface area contributed by atoms with Gasteiger partial charge in [-0.3, -0.25) is 0 Å². The number of ether oxygens (including phenoxy) is 1. The first-order chi connectivity index (χ1) is 9.47. The van der Waals surface area contributed by atoms with Crippen molar-refractivity contribution < 1.29 is 17.9 Å². The number of rotatable bonds is 5. The minimum atomic E-state index is -4.29. The number of hydrogen-bond acceptors (Lipinski definition) is 2. The van der Waals surface area contributed by atoms with Crippen LogP contribution in [0.25, 0.3) is 10.9 Å². The number of benzene rings is 1. The van der Waals surface area contributed by atoms with Gasteiger partial charge in [0.05, 0.1) is 18.0 Å². The minimum Gasteiger partial charge on any atom is -0.493 e. The molecule has 20 heavy (non-hydrogen) atoms. The van der Waals surface area contributed by atoms with Crippen LogP contribution in [0.3, 0.4) is 0 Å². The van der Waals surface area contributed by atoms with Crippen molar-refractivity contribution in [3.05, 3.63) is 30.5 Å². The van der Waals surface area contributed by atoms with Crippen LogP contribution in [-0.2, 0) is 6.54 Å². The van der Waals surface area contributed by atoms with Crippen molar-refractivity contribution in [2.24, 2.45) is 11.7 Å². The summed E-state index contributed by atoms with van der Waals surface area (Å²) >= 11 is 0. The monoisotopic (exact) mass is 286 g/mol. The predicted molar refractivity (Wildman–Crippen MR) is 71.7 cm³/mol. The molecule has 2 N–H and O–H groups in total. The maximum atomic E-state index is 12.8. The van der Waals surface area contributed by atoms with Crippen LogP contribution >= 0.6 is 0 Å². The molecule has 0 saturated heterocycles. The van der Waals surface area contributed by atoms with Crippen LogP contribution in [-0.4, -0.2) is 23.9 Å². The number of nitrogens with zero attached hydrogens (tertiary/aromatic N) is 1. The van der Waals surface area contributed by atoms with E-state index in [0.717, 1.165) is 10.9 Å². The Balaban J connectivity index is 2.34. The fourth-order valence-corrected chi connectivity index (χ4v) is 2.18. The Bertz CT molecular complexity index is 577. The molecule has 3 nitrogen and oxygen atoms in total. The molecule has 0 spiro atoms. The van der Waals surface area contributed by atoms with Crippen molar-refractivity contribution in [2.75, 3.05) is 13.2 Å². The summed E-state index contributed by atoms with van der Waals surface area (Å²) in [5, 5.41) is 0.812. The van der Waals surface area contributed by atoms with E-state index in [4.69, 9.17) is 10.5 Å². The van der Waals surface area contributed by atoms with E-state index in [9.17, 15) is 13.2 Å². The Hall–Kier alpha value is -1.69. The van der Waals surface area contributed by atoms with E-state index >= 15 is 0 Å². The second-order valence-corrected chi connectivity index (χ2v) is 4.56. The molecule has 1 aromatic heterocycles. The summed E-state index contributed by atoms with van der Waals surface area (Å²) in [6, 6.07) is 7.13. The molecule has 1 aromatic carbocycles. The Kier molecular flexibility index (Phi) is 4.23. The zero-order chi connectivity index (χ0) is 14.8. The van der Waals surface area contributed by atoms with E-state index in [2.05, 4.69) is 0 Å². The lowest BCUT2D eigenvalue weighted by atomic mass is 10.1. The highest BCUT2D eigenvalue weighted by molar-refractivity contribution is 5.86. The van der Waals surface area contributed by atoms with Gasteiger partial charge in [-0.05, 0) is 25.1 Å². The molecule has 0 aliphatic carbocycles. The highest BCUT2D eigenvalue weighted by Crippen LogP contribution is 2.30. The summed E-state index contributed by atoms with van der Waals surface area (Å²) in [4.78, 5) is 0. The van der Waals surface area contributed by atoms with Crippen molar-refractivity contribution >= 4 is 10.9 Å². The molecule has 0 aliphatic heterocycles. The molecule has 0 fully saturated rings. The first-order valence-electron chi connectivity index (χ1n) is 6.44. The maximum Gasteiger partial charge on any atom is 0.394 e. The third-order valence-corrected chi connectivity index (χ3v) is 3.24. The molecular weight excluding hydrogens is 269 g/mol. The van der Waals surface area contributed by atoms with Gasteiger partial charge in [-0.25, -0.2) is 0 Å². The SMILES string of the molecule is CCOc1cccc2c1ccn2CC(CN)C(F)(F)F. The number of fused-ring (bicyclic) bond motifs is 1. The Morgan fingerprint density at radius 3 is 2.65 bits per heavy atom. The highest BCUT2D eigenvalue weighted by Gasteiger charge is 2.38. The quantitative estimate of drug-likeness (QED) is 0.917. The van der Waals surface area contributed by atoms with E-state index in [1.54, 1.807) is 35.0 Å². The standard InChI is InChI=1S/C14H17F3N2O/c1-2-20-13-5-3-4-12-11(13)6-7-19(12)9-10(8-18)14(15,16)17/h3-7,10H,2,8-9,18H2,1H3. The van der Waals surface area contributed by atoms with Gasteiger partial charge in [0.15, 0.2) is 0 Å². The molecule has 1 heterocycles. The van der Waals surface area contributed by atoms with Crippen LogP contribution in [0.4, 0.5) is 13.2 Å². The lowest BCUT2D eigenvalue weighted by Gasteiger charge is -2.19. The van der Waals surface area contributed by atoms with Gasteiger partial charge in [0, 0.05) is 24.7 Å². The smallest absolute Gasteiger partial charge is 0.394 e. The van der Waals surface area contributed by atoms with Crippen molar-refractivity contribution in [1.29, 1.82) is 0 Å². The molecule has 6 heteroatoms. The van der Waals surface area contributed by atoms with Crippen molar-refractivity contribution in [3.8, 4) is 5.75 Å². The first kappa shape index (κ1) is 14.7. The summed E-state index contributed by atoms with van der Waals surface area (Å²) in [5.41, 5.74) is 5.96. The number of hydrogen-bond donors (Lipinski definition) is 1. The zero-order valence-electron chi connectivity index (χ0n) is 11.2. The second kappa shape index (κ2) is 5.75. The average Bonchev–Trinajstić information content (AvgIpc) is 2.79. The average molecular weight is 286 g/mol. The summed E-state index contributed by atoms with van der Waals surface area (Å²) in [7, 11) is 0. The lowest BCUT2D eigenvalue weighted by molar-refractivity contribution is -0.174. The molecule has 2 aromatic rings. The van der Waals surface area contributed by atoms with Gasteiger partial charge >= 0.3 is 6.18 Å². The molecule has 0 aliphatic rings. The molecule has 1 atom stereocenters. The number of halogens is 3. The highest BCUT2D eigenvalue weighted by atomic mass is 19.4. The van der Waals surface area contributed by atoms with Gasteiger partial charge in [0.25, 0.3) is 0 Å². The van der Waals surface area contributed by atoms with Crippen molar-refractivity contribution in [2.45, 2.75) is 19.6 Å². The Morgan fingerprint density at radius 2 is 2.05 bits per heavy atom. The van der Waals surface area contributed by atoms with Gasteiger partial charge in [-0.15, -0.1) is 0 Å². The topological polar surface area (TPSA) is 40.2 Å². The molecule has 0 bridgehead atoms. The third-order valence-electron chi connectivity index (χ3n) is 3.24. The zero-order valence-corrected chi connectivity index (χ0v) is 11.2. The molecular formula is C14H17F3N2O. The van der Waals surface area contributed by atoms with Crippen LogP contribution in [0.5, 0.6) is 5.75 Å². The minimum absolute atomic E-state index is 0.181. The maximum absolute atomic E-state index is 12.8. The van der Waals surface area contributed by atoms with Gasteiger partial charge < -0.3 is 15.0 Å². The number of alkyl halides is 3. The molecule has 1 unspecified atom stereocenters. The molecule has 0 saturated carbocycles. The molecule has 2 rings (SSSR count).